The molecule has 2 amide bonds. The van der Waals surface area contributed by atoms with E-state index >= 15 is 0 Å². The van der Waals surface area contributed by atoms with Crippen LogP contribution in [0, 0.1) is 19.8 Å². The highest BCUT2D eigenvalue weighted by atomic mass is 16.5. The summed E-state index contributed by atoms with van der Waals surface area (Å²) in [6, 6.07) is 13.4. The lowest BCUT2D eigenvalue weighted by molar-refractivity contribution is -0.120. The number of hydrogen-bond acceptors (Lipinski definition) is 4. The van der Waals surface area contributed by atoms with E-state index in [0.717, 1.165) is 54.8 Å². The Bertz CT molecular complexity index is 1030. The van der Waals surface area contributed by atoms with Crippen molar-refractivity contribution in [3.63, 3.8) is 0 Å². The van der Waals surface area contributed by atoms with E-state index in [2.05, 4.69) is 18.7 Å². The number of nitrogens with zero attached hydrogens (tertiary/aromatic N) is 2. The fourth-order valence-corrected chi connectivity index (χ4v) is 4.56. The lowest BCUT2D eigenvalue weighted by Gasteiger charge is -2.32. The van der Waals surface area contributed by atoms with Crippen LogP contribution in [0.5, 0.6) is 5.75 Å². The Morgan fingerprint density at radius 1 is 0.938 bits per heavy atom. The van der Waals surface area contributed by atoms with E-state index in [1.807, 2.05) is 56.3 Å². The van der Waals surface area contributed by atoms with Crippen LogP contribution in [0.15, 0.2) is 48.2 Å². The molecule has 0 atom stereocenters. The normalized spacial score (nSPS) is 17.5. The maximum absolute atomic E-state index is 13.7. The number of amides is 2. The summed E-state index contributed by atoms with van der Waals surface area (Å²) in [4.78, 5) is 30.9. The summed E-state index contributed by atoms with van der Waals surface area (Å²) in [7, 11) is 0. The summed E-state index contributed by atoms with van der Waals surface area (Å²) >= 11 is 0. The Balaban J connectivity index is 1.76. The summed E-state index contributed by atoms with van der Waals surface area (Å²) in [6.45, 7) is 10.5. The van der Waals surface area contributed by atoms with Gasteiger partial charge in [-0.05, 0) is 80.0 Å². The lowest BCUT2D eigenvalue weighted by atomic mass is 9.97. The van der Waals surface area contributed by atoms with E-state index in [0.29, 0.717) is 29.5 Å². The Hall–Kier alpha value is -3.08. The minimum absolute atomic E-state index is 0.226. The minimum atomic E-state index is -0.254. The number of carbonyl (C=O) groups is 2. The standard InChI is InChI=1S/C27H32N2O3/c1-5-14-32-23-8-6-21(7-9-23)24-25(28-12-10-18(2)11-13-28)27(31)29(26(24)30)22-16-19(3)15-20(4)17-22/h6-9,15-18H,5,10-14H2,1-4H3. The second-order valence-corrected chi connectivity index (χ2v) is 9.06. The average molecular weight is 433 g/mol. The first-order valence-corrected chi connectivity index (χ1v) is 11.6. The highest BCUT2D eigenvalue weighted by molar-refractivity contribution is 6.45. The molecule has 2 aliphatic rings. The number of benzene rings is 2. The van der Waals surface area contributed by atoms with Gasteiger partial charge in [0.2, 0.25) is 0 Å². The van der Waals surface area contributed by atoms with Crippen LogP contribution in [0.4, 0.5) is 5.69 Å². The molecule has 2 aromatic rings. The van der Waals surface area contributed by atoms with Gasteiger partial charge in [-0.15, -0.1) is 0 Å². The zero-order valence-corrected chi connectivity index (χ0v) is 19.5. The predicted octanol–water partition coefficient (Wildman–Crippen LogP) is 5.11. The Morgan fingerprint density at radius 3 is 2.16 bits per heavy atom. The lowest BCUT2D eigenvalue weighted by Crippen LogP contribution is -2.38. The van der Waals surface area contributed by atoms with Crippen LogP contribution in [0.25, 0.3) is 5.57 Å². The van der Waals surface area contributed by atoms with Crippen molar-refractivity contribution in [2.75, 3.05) is 24.6 Å². The van der Waals surface area contributed by atoms with Crippen molar-refractivity contribution in [3.05, 3.63) is 64.9 Å². The molecular formula is C27H32N2O3. The zero-order chi connectivity index (χ0) is 22.8. The van der Waals surface area contributed by atoms with E-state index in [1.165, 1.54) is 4.90 Å². The van der Waals surface area contributed by atoms with Gasteiger partial charge < -0.3 is 9.64 Å². The van der Waals surface area contributed by atoms with Crippen molar-refractivity contribution in [1.82, 2.24) is 4.90 Å². The van der Waals surface area contributed by atoms with Crippen LogP contribution in [0.1, 0.15) is 49.8 Å². The highest BCUT2D eigenvalue weighted by Gasteiger charge is 2.43. The largest absolute Gasteiger partial charge is 0.494 e. The fraction of sp³-hybridized carbons (Fsp3) is 0.407. The molecule has 0 spiro atoms. The first kappa shape index (κ1) is 22.1. The molecule has 32 heavy (non-hydrogen) atoms. The van der Waals surface area contributed by atoms with Gasteiger partial charge in [-0.2, -0.15) is 0 Å². The molecule has 1 saturated heterocycles. The summed E-state index contributed by atoms with van der Waals surface area (Å²) < 4.78 is 5.70. The molecule has 0 saturated carbocycles. The molecule has 0 radical (unpaired) electrons. The van der Waals surface area contributed by atoms with Crippen LogP contribution in [0.2, 0.25) is 0 Å². The molecule has 2 heterocycles. The third-order valence-corrected chi connectivity index (χ3v) is 6.24. The molecule has 1 fully saturated rings. The summed E-state index contributed by atoms with van der Waals surface area (Å²) in [6.07, 6.45) is 2.97. The van der Waals surface area contributed by atoms with Crippen molar-refractivity contribution in [1.29, 1.82) is 0 Å². The molecule has 2 aliphatic heterocycles. The molecule has 168 valence electrons. The zero-order valence-electron chi connectivity index (χ0n) is 19.5. The monoisotopic (exact) mass is 432 g/mol. The maximum Gasteiger partial charge on any atom is 0.282 e. The van der Waals surface area contributed by atoms with Gasteiger partial charge in [0.05, 0.1) is 17.9 Å². The molecule has 2 aromatic carbocycles. The van der Waals surface area contributed by atoms with Gasteiger partial charge in [0.1, 0.15) is 11.4 Å². The molecular weight excluding hydrogens is 400 g/mol. The molecule has 0 unspecified atom stereocenters. The first-order chi connectivity index (χ1) is 15.4. The van der Waals surface area contributed by atoms with Crippen LogP contribution < -0.4 is 9.64 Å². The van der Waals surface area contributed by atoms with E-state index in [4.69, 9.17) is 4.74 Å². The van der Waals surface area contributed by atoms with Gasteiger partial charge >= 0.3 is 0 Å². The smallest absolute Gasteiger partial charge is 0.282 e. The number of hydrogen-bond donors (Lipinski definition) is 0. The van der Waals surface area contributed by atoms with E-state index in [-0.39, 0.29) is 11.8 Å². The molecule has 4 rings (SSSR count). The van der Waals surface area contributed by atoms with Crippen LogP contribution >= 0.6 is 0 Å². The van der Waals surface area contributed by atoms with Crippen molar-refractivity contribution in [3.8, 4) is 5.75 Å². The fourth-order valence-electron chi connectivity index (χ4n) is 4.56. The van der Waals surface area contributed by atoms with Gasteiger partial charge in [0.15, 0.2) is 0 Å². The number of rotatable bonds is 6. The molecule has 0 aromatic heterocycles. The molecule has 0 N–H and O–H groups in total. The van der Waals surface area contributed by atoms with Crippen LogP contribution in [-0.2, 0) is 9.59 Å². The van der Waals surface area contributed by atoms with E-state index < -0.39 is 0 Å². The number of aryl methyl sites for hydroxylation is 2. The van der Waals surface area contributed by atoms with Crippen molar-refractivity contribution in [2.24, 2.45) is 5.92 Å². The Labute approximate surface area is 190 Å². The van der Waals surface area contributed by atoms with Crippen LogP contribution in [-0.4, -0.2) is 36.4 Å². The van der Waals surface area contributed by atoms with Gasteiger partial charge in [0.25, 0.3) is 11.8 Å². The number of ether oxygens (including phenoxy) is 1. The maximum atomic E-state index is 13.7. The van der Waals surface area contributed by atoms with Crippen molar-refractivity contribution in [2.45, 2.75) is 47.0 Å². The van der Waals surface area contributed by atoms with Crippen LogP contribution in [0.3, 0.4) is 0 Å². The van der Waals surface area contributed by atoms with Crippen molar-refractivity contribution >= 4 is 23.1 Å². The third-order valence-electron chi connectivity index (χ3n) is 6.24. The van der Waals surface area contributed by atoms with E-state index in [9.17, 15) is 9.59 Å². The van der Waals surface area contributed by atoms with Gasteiger partial charge in [0, 0.05) is 13.1 Å². The molecule has 0 aliphatic carbocycles. The van der Waals surface area contributed by atoms with Gasteiger partial charge in [-0.25, -0.2) is 4.90 Å². The number of likely N-dealkylation sites (tertiary alicyclic amines) is 1. The van der Waals surface area contributed by atoms with Crippen molar-refractivity contribution < 1.29 is 14.3 Å². The number of carbonyl (C=O) groups excluding carboxylic acids is 2. The second-order valence-electron chi connectivity index (χ2n) is 9.06. The van der Waals surface area contributed by atoms with Gasteiger partial charge in [-0.1, -0.05) is 32.0 Å². The summed E-state index contributed by atoms with van der Waals surface area (Å²) in [5.41, 5.74) is 4.47. The molecule has 5 nitrogen and oxygen atoms in total. The number of piperidine rings is 1. The molecule has 0 bridgehead atoms. The molecule has 5 heteroatoms. The SMILES string of the molecule is CCCOc1ccc(C2=C(N3CCC(C)CC3)C(=O)N(c3cc(C)cc(C)c3)C2=O)cc1. The quantitative estimate of drug-likeness (QED) is 0.596. The van der Waals surface area contributed by atoms with Gasteiger partial charge in [-0.3, -0.25) is 9.59 Å². The number of imide groups is 1. The Kier molecular flexibility index (Phi) is 6.35. The first-order valence-electron chi connectivity index (χ1n) is 11.6. The Morgan fingerprint density at radius 2 is 1.56 bits per heavy atom. The minimum Gasteiger partial charge on any atom is -0.494 e. The number of anilines is 1. The van der Waals surface area contributed by atoms with E-state index in [1.54, 1.807) is 0 Å². The highest BCUT2D eigenvalue weighted by Crippen LogP contribution is 2.37. The third kappa shape index (κ3) is 4.29. The predicted molar refractivity (Wildman–Crippen MR) is 128 cm³/mol. The second kappa shape index (κ2) is 9.19. The topological polar surface area (TPSA) is 49.9 Å². The average Bonchev–Trinajstić information content (AvgIpc) is 3.02. The summed E-state index contributed by atoms with van der Waals surface area (Å²) in [5.74, 6) is 0.923. The summed E-state index contributed by atoms with van der Waals surface area (Å²) in [5, 5.41) is 0.